The smallest absolute Gasteiger partial charge is 0.242 e. The van der Waals surface area contributed by atoms with Gasteiger partial charge in [-0.3, -0.25) is 9.59 Å². The van der Waals surface area contributed by atoms with Gasteiger partial charge in [-0.1, -0.05) is 23.7 Å². The molecule has 120 valence electrons. The Kier molecular flexibility index (Phi) is 6.25. The van der Waals surface area contributed by atoms with Crippen LogP contribution in [0.3, 0.4) is 0 Å². The Bertz CT molecular complexity index is 527. The molecule has 0 spiro atoms. The van der Waals surface area contributed by atoms with Crippen molar-refractivity contribution in [3.05, 3.63) is 34.9 Å². The third-order valence-electron chi connectivity index (χ3n) is 4.04. The lowest BCUT2D eigenvalue weighted by atomic mass is 10.1. The molecule has 0 atom stereocenters. The molecule has 1 aromatic carbocycles. The molecule has 0 unspecified atom stereocenters. The molecule has 0 bridgehead atoms. The normalized spacial score (nSPS) is 14.7. The van der Waals surface area contributed by atoms with Crippen molar-refractivity contribution in [2.75, 3.05) is 26.2 Å². The van der Waals surface area contributed by atoms with Crippen LogP contribution in [0.5, 0.6) is 0 Å². The largest absolute Gasteiger partial charge is 0.341 e. The van der Waals surface area contributed by atoms with Crippen LogP contribution in [-0.4, -0.2) is 47.8 Å². The first-order valence-electron chi connectivity index (χ1n) is 7.84. The van der Waals surface area contributed by atoms with Gasteiger partial charge in [0.15, 0.2) is 0 Å². The summed E-state index contributed by atoms with van der Waals surface area (Å²) in [6.45, 7) is 3.87. The maximum atomic E-state index is 12.3. The fourth-order valence-corrected chi connectivity index (χ4v) is 2.92. The second-order valence-corrected chi connectivity index (χ2v) is 6.20. The minimum Gasteiger partial charge on any atom is -0.341 e. The van der Waals surface area contributed by atoms with Gasteiger partial charge < -0.3 is 9.80 Å². The van der Waals surface area contributed by atoms with E-state index in [1.54, 1.807) is 4.90 Å². The lowest BCUT2D eigenvalue weighted by molar-refractivity contribution is -0.140. The first kappa shape index (κ1) is 16.8. The summed E-state index contributed by atoms with van der Waals surface area (Å²) in [6, 6.07) is 7.60. The van der Waals surface area contributed by atoms with Crippen molar-refractivity contribution in [2.24, 2.45) is 0 Å². The molecule has 0 aliphatic carbocycles. The highest BCUT2D eigenvalue weighted by Gasteiger charge is 2.20. The molecule has 0 aromatic heterocycles. The number of halogens is 1. The number of nitrogens with zero attached hydrogens (tertiary/aromatic N) is 2. The maximum absolute atomic E-state index is 12.3. The number of amides is 2. The summed E-state index contributed by atoms with van der Waals surface area (Å²) in [7, 11) is 0. The van der Waals surface area contributed by atoms with E-state index in [4.69, 9.17) is 11.6 Å². The molecule has 2 amide bonds. The average molecular weight is 323 g/mol. The monoisotopic (exact) mass is 322 g/mol. The van der Waals surface area contributed by atoms with Crippen LogP contribution in [0.4, 0.5) is 0 Å². The topological polar surface area (TPSA) is 40.6 Å². The molecule has 2 rings (SSSR count). The Morgan fingerprint density at radius 2 is 1.95 bits per heavy atom. The van der Waals surface area contributed by atoms with E-state index in [0.29, 0.717) is 18.0 Å². The predicted molar refractivity (Wildman–Crippen MR) is 87.8 cm³/mol. The van der Waals surface area contributed by atoms with Crippen LogP contribution >= 0.6 is 11.6 Å². The van der Waals surface area contributed by atoms with Crippen LogP contribution in [0.15, 0.2) is 24.3 Å². The van der Waals surface area contributed by atoms with Gasteiger partial charge in [-0.05, 0) is 43.4 Å². The zero-order valence-electron chi connectivity index (χ0n) is 13.1. The minimum atomic E-state index is -0.0626. The number of carbonyl (C=O) groups is 2. The Balaban J connectivity index is 1.89. The molecule has 0 radical (unpaired) electrons. The lowest BCUT2D eigenvalue weighted by Gasteiger charge is -2.29. The van der Waals surface area contributed by atoms with Crippen molar-refractivity contribution in [1.82, 2.24) is 9.80 Å². The van der Waals surface area contributed by atoms with Crippen molar-refractivity contribution < 1.29 is 9.59 Å². The number of benzene rings is 1. The first-order valence-corrected chi connectivity index (χ1v) is 8.22. The number of hydrogen-bond acceptors (Lipinski definition) is 2. The van der Waals surface area contributed by atoms with Gasteiger partial charge in [0.05, 0.1) is 6.54 Å². The van der Waals surface area contributed by atoms with Crippen LogP contribution in [-0.2, 0) is 16.0 Å². The van der Waals surface area contributed by atoms with E-state index in [1.807, 2.05) is 29.2 Å². The van der Waals surface area contributed by atoms with Crippen molar-refractivity contribution in [1.29, 1.82) is 0 Å². The number of rotatable bonds is 5. The number of likely N-dealkylation sites (tertiary alicyclic amines) is 1. The molecule has 4 nitrogen and oxygen atoms in total. The van der Waals surface area contributed by atoms with Crippen molar-refractivity contribution in [3.8, 4) is 0 Å². The number of hydrogen-bond donors (Lipinski definition) is 0. The summed E-state index contributed by atoms with van der Waals surface area (Å²) < 4.78 is 0. The Morgan fingerprint density at radius 1 is 1.23 bits per heavy atom. The van der Waals surface area contributed by atoms with Crippen LogP contribution in [0.2, 0.25) is 5.02 Å². The third-order valence-corrected chi connectivity index (χ3v) is 4.27. The van der Waals surface area contributed by atoms with E-state index in [-0.39, 0.29) is 18.4 Å². The minimum absolute atomic E-state index is 0.0565. The summed E-state index contributed by atoms with van der Waals surface area (Å²) in [6.07, 6.45) is 4.02. The van der Waals surface area contributed by atoms with E-state index in [1.165, 1.54) is 13.3 Å². The quantitative estimate of drug-likeness (QED) is 0.836. The molecule has 0 saturated carbocycles. The predicted octanol–water partition coefficient (Wildman–Crippen LogP) is 2.74. The van der Waals surface area contributed by atoms with Gasteiger partial charge in [-0.2, -0.15) is 0 Å². The summed E-state index contributed by atoms with van der Waals surface area (Å²) in [4.78, 5) is 27.6. The molecule has 1 fully saturated rings. The summed E-state index contributed by atoms with van der Waals surface area (Å²) in [5.41, 5.74) is 1.07. The fourth-order valence-electron chi connectivity index (χ4n) is 2.71. The van der Waals surface area contributed by atoms with Crippen LogP contribution in [0, 0.1) is 0 Å². The second kappa shape index (κ2) is 8.18. The molecule has 1 aliphatic heterocycles. The van der Waals surface area contributed by atoms with Gasteiger partial charge in [0.1, 0.15) is 0 Å². The molecule has 0 N–H and O–H groups in total. The van der Waals surface area contributed by atoms with Crippen molar-refractivity contribution in [2.45, 2.75) is 32.6 Å². The first-order chi connectivity index (χ1) is 10.6. The second-order valence-electron chi connectivity index (χ2n) is 5.76. The van der Waals surface area contributed by atoms with Gasteiger partial charge in [0, 0.05) is 31.6 Å². The van der Waals surface area contributed by atoms with Crippen molar-refractivity contribution in [3.63, 3.8) is 0 Å². The molecular weight excluding hydrogens is 300 g/mol. The summed E-state index contributed by atoms with van der Waals surface area (Å²) in [5, 5.41) is 0.691. The van der Waals surface area contributed by atoms with Gasteiger partial charge in [-0.25, -0.2) is 0 Å². The van der Waals surface area contributed by atoms with Gasteiger partial charge in [-0.15, -0.1) is 0 Å². The lowest BCUT2D eigenvalue weighted by Crippen LogP contribution is -2.44. The molecule has 1 saturated heterocycles. The molecule has 1 aliphatic rings. The summed E-state index contributed by atoms with van der Waals surface area (Å²) >= 11 is 5.97. The molecular formula is C17H23ClN2O2. The standard InChI is InChI=1S/C17H23ClN2O2/c1-14(21)20(11-8-15-6-5-7-16(18)12-15)13-17(22)19-9-3-2-4-10-19/h5-7,12H,2-4,8-11,13H2,1H3. The van der Waals surface area contributed by atoms with Crippen LogP contribution < -0.4 is 0 Å². The molecule has 1 aromatic rings. The zero-order valence-corrected chi connectivity index (χ0v) is 13.8. The van der Waals surface area contributed by atoms with Crippen molar-refractivity contribution >= 4 is 23.4 Å². The number of carbonyl (C=O) groups excluding carboxylic acids is 2. The molecule has 1 heterocycles. The molecule has 22 heavy (non-hydrogen) atoms. The maximum Gasteiger partial charge on any atom is 0.242 e. The van der Waals surface area contributed by atoms with Crippen LogP contribution in [0.1, 0.15) is 31.7 Å². The highest BCUT2D eigenvalue weighted by atomic mass is 35.5. The summed E-state index contributed by atoms with van der Waals surface area (Å²) in [5.74, 6) is -0.00613. The highest BCUT2D eigenvalue weighted by molar-refractivity contribution is 6.30. The van der Waals surface area contributed by atoms with E-state index in [0.717, 1.165) is 31.5 Å². The van der Waals surface area contributed by atoms with Crippen LogP contribution in [0.25, 0.3) is 0 Å². The number of piperidine rings is 1. The van der Waals surface area contributed by atoms with E-state index < -0.39 is 0 Å². The van der Waals surface area contributed by atoms with E-state index in [2.05, 4.69) is 0 Å². The fraction of sp³-hybridized carbons (Fsp3) is 0.529. The van der Waals surface area contributed by atoms with Gasteiger partial charge >= 0.3 is 0 Å². The van der Waals surface area contributed by atoms with E-state index >= 15 is 0 Å². The zero-order chi connectivity index (χ0) is 15.9. The van der Waals surface area contributed by atoms with Gasteiger partial charge in [0.2, 0.25) is 11.8 Å². The average Bonchev–Trinajstić information content (AvgIpc) is 2.52. The Morgan fingerprint density at radius 3 is 2.59 bits per heavy atom. The van der Waals surface area contributed by atoms with E-state index in [9.17, 15) is 9.59 Å². The molecule has 5 heteroatoms. The Hall–Kier alpha value is -1.55. The Labute approximate surface area is 137 Å². The van der Waals surface area contributed by atoms with Gasteiger partial charge in [0.25, 0.3) is 0 Å². The highest BCUT2D eigenvalue weighted by Crippen LogP contribution is 2.12. The SMILES string of the molecule is CC(=O)N(CCc1cccc(Cl)c1)CC(=O)N1CCCCC1. The third kappa shape index (κ3) is 5.02.